The lowest BCUT2D eigenvalue weighted by Crippen LogP contribution is -2.15. The Morgan fingerprint density at radius 3 is 2.16 bits per heavy atom. The van der Waals surface area contributed by atoms with Crippen LogP contribution >= 0.6 is 0 Å². The molecule has 0 radical (unpaired) electrons. The third kappa shape index (κ3) is 4.40. The number of hydrogen-bond donors (Lipinski definition) is 2. The Bertz CT molecular complexity index is 1400. The third-order valence-corrected chi connectivity index (χ3v) is 6.23. The van der Waals surface area contributed by atoms with Gasteiger partial charge >= 0.3 is 0 Å². The van der Waals surface area contributed by atoms with Crippen molar-refractivity contribution >= 4 is 38.1 Å². The molecule has 4 aromatic rings. The largest absolute Gasteiger partial charge is 0.496 e. The SMILES string of the molecule is COc1cc2ccccc2cc1C(=O)Nc1ccc(S(=O)(=O)Nc2ccccc2F)cc1. The Morgan fingerprint density at radius 1 is 0.875 bits per heavy atom. The number of carbonyl (C=O) groups is 1. The lowest BCUT2D eigenvalue weighted by Gasteiger charge is -2.12. The summed E-state index contributed by atoms with van der Waals surface area (Å²) in [7, 11) is -2.50. The highest BCUT2D eigenvalue weighted by molar-refractivity contribution is 7.92. The molecule has 8 heteroatoms. The molecule has 0 bridgehead atoms. The molecule has 0 spiro atoms. The molecule has 4 rings (SSSR count). The van der Waals surface area contributed by atoms with Crippen LogP contribution in [0, 0.1) is 5.82 Å². The third-order valence-electron chi connectivity index (χ3n) is 4.85. The molecule has 2 N–H and O–H groups in total. The molecule has 6 nitrogen and oxygen atoms in total. The summed E-state index contributed by atoms with van der Waals surface area (Å²) in [5.74, 6) is -0.647. The first-order valence-electron chi connectivity index (χ1n) is 9.63. The molecule has 0 saturated heterocycles. The summed E-state index contributed by atoms with van der Waals surface area (Å²) in [6.07, 6.45) is 0. The molecular formula is C24H19FN2O4S. The molecule has 0 aromatic heterocycles. The van der Waals surface area contributed by atoms with E-state index in [1.54, 1.807) is 12.1 Å². The minimum absolute atomic E-state index is 0.0676. The normalized spacial score (nSPS) is 11.2. The zero-order chi connectivity index (χ0) is 22.7. The minimum atomic E-state index is -3.99. The van der Waals surface area contributed by atoms with Crippen LogP contribution in [0.1, 0.15) is 10.4 Å². The number of rotatable bonds is 6. The fourth-order valence-electron chi connectivity index (χ4n) is 3.23. The van der Waals surface area contributed by atoms with Crippen molar-refractivity contribution in [3.05, 3.63) is 96.3 Å². The molecule has 0 unspecified atom stereocenters. The van der Waals surface area contributed by atoms with Crippen LogP contribution in [0.3, 0.4) is 0 Å². The molecule has 0 heterocycles. The van der Waals surface area contributed by atoms with Crippen molar-refractivity contribution in [1.29, 1.82) is 0 Å². The van der Waals surface area contributed by atoms with Gasteiger partial charge < -0.3 is 10.1 Å². The van der Waals surface area contributed by atoms with Gasteiger partial charge in [0, 0.05) is 5.69 Å². The predicted octanol–water partition coefficient (Wildman–Crippen LogP) is 5.04. The molecule has 4 aromatic carbocycles. The second-order valence-corrected chi connectivity index (χ2v) is 8.65. The Kier molecular flexibility index (Phi) is 5.79. The summed E-state index contributed by atoms with van der Waals surface area (Å²) in [6, 6.07) is 22.2. The second-order valence-electron chi connectivity index (χ2n) is 6.96. The minimum Gasteiger partial charge on any atom is -0.496 e. The first kappa shape index (κ1) is 21.3. The average Bonchev–Trinajstić information content (AvgIpc) is 2.80. The van der Waals surface area contributed by atoms with E-state index in [0.29, 0.717) is 17.0 Å². The number of sulfonamides is 1. The van der Waals surface area contributed by atoms with Gasteiger partial charge in [0.25, 0.3) is 15.9 Å². The molecule has 0 saturated carbocycles. The smallest absolute Gasteiger partial charge is 0.261 e. The first-order valence-corrected chi connectivity index (χ1v) is 11.1. The molecule has 1 amide bonds. The molecule has 0 atom stereocenters. The summed E-state index contributed by atoms with van der Waals surface area (Å²) in [4.78, 5) is 12.8. The van der Waals surface area contributed by atoms with Crippen molar-refractivity contribution in [3.8, 4) is 5.75 Å². The van der Waals surface area contributed by atoms with E-state index in [2.05, 4.69) is 10.0 Å². The van der Waals surface area contributed by atoms with Crippen molar-refractivity contribution in [2.45, 2.75) is 4.90 Å². The van der Waals surface area contributed by atoms with Crippen molar-refractivity contribution in [3.63, 3.8) is 0 Å². The highest BCUT2D eigenvalue weighted by Crippen LogP contribution is 2.27. The molecular weight excluding hydrogens is 431 g/mol. The summed E-state index contributed by atoms with van der Waals surface area (Å²) >= 11 is 0. The van der Waals surface area contributed by atoms with E-state index in [1.807, 2.05) is 24.3 Å². The van der Waals surface area contributed by atoms with Gasteiger partial charge in [-0.15, -0.1) is 0 Å². The summed E-state index contributed by atoms with van der Waals surface area (Å²) in [6.45, 7) is 0. The number of ether oxygens (including phenoxy) is 1. The van der Waals surface area contributed by atoms with Crippen LogP contribution in [0.2, 0.25) is 0 Å². The molecule has 32 heavy (non-hydrogen) atoms. The topological polar surface area (TPSA) is 84.5 Å². The Hall–Kier alpha value is -3.91. The lowest BCUT2D eigenvalue weighted by atomic mass is 10.1. The van der Waals surface area contributed by atoms with Crippen LogP contribution in [0.4, 0.5) is 15.8 Å². The van der Waals surface area contributed by atoms with Gasteiger partial charge in [0.1, 0.15) is 11.6 Å². The number of fused-ring (bicyclic) bond motifs is 1. The van der Waals surface area contributed by atoms with Gasteiger partial charge in [-0.25, -0.2) is 12.8 Å². The van der Waals surface area contributed by atoms with Crippen LogP contribution in [0.15, 0.2) is 89.8 Å². The fourth-order valence-corrected chi connectivity index (χ4v) is 4.30. The maximum atomic E-state index is 13.8. The Labute approximate surface area is 184 Å². The van der Waals surface area contributed by atoms with Gasteiger partial charge in [0.05, 0.1) is 23.3 Å². The average molecular weight is 450 g/mol. The maximum absolute atomic E-state index is 13.8. The van der Waals surface area contributed by atoms with E-state index in [9.17, 15) is 17.6 Å². The number of hydrogen-bond acceptors (Lipinski definition) is 4. The fraction of sp³-hybridized carbons (Fsp3) is 0.0417. The van der Waals surface area contributed by atoms with Crippen LogP contribution in [0.5, 0.6) is 5.75 Å². The molecule has 0 aliphatic rings. The zero-order valence-corrected chi connectivity index (χ0v) is 17.8. The van der Waals surface area contributed by atoms with Crippen LogP contribution in [-0.4, -0.2) is 21.4 Å². The number of anilines is 2. The van der Waals surface area contributed by atoms with Gasteiger partial charge in [0.15, 0.2) is 0 Å². The number of benzene rings is 4. The van der Waals surface area contributed by atoms with Crippen molar-refractivity contribution in [2.24, 2.45) is 0 Å². The number of para-hydroxylation sites is 1. The molecule has 0 fully saturated rings. The van der Waals surface area contributed by atoms with E-state index < -0.39 is 21.7 Å². The number of nitrogens with one attached hydrogen (secondary N) is 2. The van der Waals surface area contributed by atoms with Crippen molar-refractivity contribution < 1.29 is 22.3 Å². The zero-order valence-electron chi connectivity index (χ0n) is 17.0. The maximum Gasteiger partial charge on any atom is 0.261 e. The summed E-state index contributed by atoms with van der Waals surface area (Å²) < 4.78 is 46.4. The second kappa shape index (κ2) is 8.68. The van der Waals surface area contributed by atoms with Crippen LogP contribution in [0.25, 0.3) is 10.8 Å². The van der Waals surface area contributed by atoms with E-state index in [4.69, 9.17) is 4.74 Å². The van der Waals surface area contributed by atoms with E-state index >= 15 is 0 Å². The molecule has 0 aliphatic carbocycles. The first-order chi connectivity index (χ1) is 15.4. The highest BCUT2D eigenvalue weighted by Gasteiger charge is 2.17. The number of carbonyl (C=O) groups excluding carboxylic acids is 1. The van der Waals surface area contributed by atoms with Gasteiger partial charge in [0.2, 0.25) is 0 Å². The van der Waals surface area contributed by atoms with E-state index in [-0.39, 0.29) is 10.6 Å². The van der Waals surface area contributed by atoms with Crippen LogP contribution < -0.4 is 14.8 Å². The van der Waals surface area contributed by atoms with Crippen molar-refractivity contribution in [2.75, 3.05) is 17.1 Å². The van der Waals surface area contributed by atoms with E-state index in [1.165, 1.54) is 49.6 Å². The Balaban J connectivity index is 1.54. The summed E-state index contributed by atoms with van der Waals surface area (Å²) in [5.41, 5.74) is 0.604. The van der Waals surface area contributed by atoms with Crippen LogP contribution in [-0.2, 0) is 10.0 Å². The van der Waals surface area contributed by atoms with E-state index in [0.717, 1.165) is 16.8 Å². The quantitative estimate of drug-likeness (QED) is 0.431. The monoisotopic (exact) mass is 450 g/mol. The summed E-state index contributed by atoms with van der Waals surface area (Å²) in [5, 5.41) is 4.57. The molecule has 162 valence electrons. The number of halogens is 1. The standard InChI is InChI=1S/C24H19FN2O4S/c1-31-23-15-17-7-3-2-6-16(17)14-20(23)24(28)26-18-10-12-19(13-11-18)32(29,30)27-22-9-5-4-8-21(22)25/h2-15,27H,1H3,(H,26,28). The van der Waals surface area contributed by atoms with Gasteiger partial charge in [-0.05, 0) is 59.3 Å². The van der Waals surface area contributed by atoms with Crippen molar-refractivity contribution in [1.82, 2.24) is 0 Å². The van der Waals surface area contributed by atoms with Gasteiger partial charge in [-0.3, -0.25) is 9.52 Å². The lowest BCUT2D eigenvalue weighted by molar-refractivity contribution is 0.102. The van der Waals surface area contributed by atoms with Gasteiger partial charge in [-0.1, -0.05) is 36.4 Å². The van der Waals surface area contributed by atoms with Gasteiger partial charge in [-0.2, -0.15) is 0 Å². The predicted molar refractivity (Wildman–Crippen MR) is 122 cm³/mol. The number of methoxy groups -OCH3 is 1. The Morgan fingerprint density at radius 2 is 1.50 bits per heavy atom. The highest BCUT2D eigenvalue weighted by atomic mass is 32.2. The number of amides is 1. The molecule has 0 aliphatic heterocycles.